The van der Waals surface area contributed by atoms with Crippen LogP contribution in [0.3, 0.4) is 0 Å². The Morgan fingerprint density at radius 1 is 1.10 bits per heavy atom. The molecule has 0 saturated carbocycles. The van der Waals surface area contributed by atoms with Crippen LogP contribution in [0, 0.1) is 13.8 Å². The number of rotatable bonds is 3. The molecule has 5 aromatic rings. The second-order valence-electron chi connectivity index (χ2n) is 7.07. The number of carbonyl (C=O) groups is 1. The van der Waals surface area contributed by atoms with Gasteiger partial charge in [-0.15, -0.1) is 0 Å². The molecule has 3 N–H and O–H groups in total. The number of H-pyrrole nitrogens is 2. The number of fused-ring (bicyclic) bond motifs is 2. The van der Waals surface area contributed by atoms with Gasteiger partial charge in [-0.1, -0.05) is 30.3 Å². The second-order valence-corrected chi connectivity index (χ2v) is 7.07. The fourth-order valence-electron chi connectivity index (χ4n) is 3.62. The predicted octanol–water partition coefficient (Wildman–Crippen LogP) is 3.56. The van der Waals surface area contributed by atoms with Gasteiger partial charge in [-0.3, -0.25) is 4.79 Å². The number of aromatic nitrogens is 5. The van der Waals surface area contributed by atoms with Gasteiger partial charge in [0.15, 0.2) is 0 Å². The van der Waals surface area contributed by atoms with E-state index in [1.54, 1.807) is 23.2 Å². The fourth-order valence-corrected chi connectivity index (χ4v) is 3.62. The standard InChI is InChI=1S/C22H18N6O/c1-13-10-24-28-20(13)14(2)18(12-25-28)22(29)26-17-8-16-9-19(27-21(16)23-11-17)15-6-4-3-5-7-15/h3-12H,1-2H3,(H,23,27)(H,26,29)/p+1. The number of benzene rings is 1. The molecule has 0 aliphatic heterocycles. The summed E-state index contributed by atoms with van der Waals surface area (Å²) in [5, 5.41) is 12.4. The molecule has 0 bridgehead atoms. The number of aryl methyl sites for hydroxylation is 2. The molecule has 1 amide bonds. The normalized spacial score (nSPS) is 11.2. The first-order valence-corrected chi connectivity index (χ1v) is 9.31. The molecule has 0 fully saturated rings. The minimum atomic E-state index is -0.204. The van der Waals surface area contributed by atoms with Crippen molar-refractivity contribution >= 4 is 28.1 Å². The van der Waals surface area contributed by atoms with E-state index in [0.717, 1.165) is 38.9 Å². The van der Waals surface area contributed by atoms with Gasteiger partial charge in [0, 0.05) is 11.6 Å². The lowest BCUT2D eigenvalue weighted by atomic mass is 10.1. The molecule has 5 rings (SSSR count). The van der Waals surface area contributed by atoms with Crippen molar-refractivity contribution in [3.8, 4) is 11.3 Å². The summed E-state index contributed by atoms with van der Waals surface area (Å²) in [6.07, 6.45) is 5.07. The molecule has 0 radical (unpaired) electrons. The molecule has 142 valence electrons. The maximum atomic E-state index is 12.9. The summed E-state index contributed by atoms with van der Waals surface area (Å²) in [6.45, 7) is 3.87. The van der Waals surface area contributed by atoms with E-state index in [0.29, 0.717) is 11.3 Å². The minimum absolute atomic E-state index is 0.204. The first-order chi connectivity index (χ1) is 14.1. The van der Waals surface area contributed by atoms with Crippen LogP contribution in [0.15, 0.2) is 61.1 Å². The van der Waals surface area contributed by atoms with Gasteiger partial charge in [0.25, 0.3) is 11.6 Å². The van der Waals surface area contributed by atoms with Crippen molar-refractivity contribution in [2.45, 2.75) is 13.8 Å². The summed E-state index contributed by atoms with van der Waals surface area (Å²) < 4.78 is 1.55. The topological polar surface area (TPSA) is 89.2 Å². The summed E-state index contributed by atoms with van der Waals surface area (Å²) in [6, 6.07) is 14.1. The van der Waals surface area contributed by atoms with Gasteiger partial charge in [-0.2, -0.15) is 14.8 Å². The molecule has 0 aliphatic rings. The number of aromatic amines is 2. The van der Waals surface area contributed by atoms with Crippen LogP contribution in [0.1, 0.15) is 21.5 Å². The SMILES string of the molecule is Cc1cnn2ncc(C(=O)Nc3c[nH+]c4[nH]c(-c5ccccc5)cc4c3)c(C)c12. The van der Waals surface area contributed by atoms with Gasteiger partial charge >= 0.3 is 0 Å². The van der Waals surface area contributed by atoms with Crippen LogP contribution >= 0.6 is 0 Å². The molecule has 4 aromatic heterocycles. The molecule has 0 atom stereocenters. The van der Waals surface area contributed by atoms with Crippen molar-refractivity contribution in [2.24, 2.45) is 0 Å². The van der Waals surface area contributed by atoms with Gasteiger partial charge in [0.05, 0.1) is 34.5 Å². The summed E-state index contributed by atoms with van der Waals surface area (Å²) in [5.41, 5.74) is 6.93. The van der Waals surface area contributed by atoms with Crippen LogP contribution in [-0.4, -0.2) is 25.7 Å². The maximum absolute atomic E-state index is 12.9. The third-order valence-electron chi connectivity index (χ3n) is 5.11. The quantitative estimate of drug-likeness (QED) is 0.499. The molecule has 7 heteroatoms. The fraction of sp³-hybridized carbons (Fsp3) is 0.0909. The van der Waals surface area contributed by atoms with E-state index < -0.39 is 0 Å². The van der Waals surface area contributed by atoms with Crippen LogP contribution < -0.4 is 10.3 Å². The molecule has 4 heterocycles. The average molecular weight is 383 g/mol. The van der Waals surface area contributed by atoms with Crippen molar-refractivity contribution in [1.82, 2.24) is 19.8 Å². The first-order valence-electron chi connectivity index (χ1n) is 9.31. The van der Waals surface area contributed by atoms with E-state index in [-0.39, 0.29) is 5.91 Å². The summed E-state index contributed by atoms with van der Waals surface area (Å²) in [4.78, 5) is 19.5. The second kappa shape index (κ2) is 6.56. The Hall–Kier alpha value is -4.00. The first kappa shape index (κ1) is 17.1. The van der Waals surface area contributed by atoms with Crippen molar-refractivity contribution in [3.63, 3.8) is 0 Å². The van der Waals surface area contributed by atoms with Crippen molar-refractivity contribution in [2.75, 3.05) is 5.32 Å². The van der Waals surface area contributed by atoms with E-state index in [4.69, 9.17) is 0 Å². The number of hydrogen-bond donors (Lipinski definition) is 2. The highest BCUT2D eigenvalue weighted by atomic mass is 16.1. The van der Waals surface area contributed by atoms with E-state index in [2.05, 4.69) is 43.7 Å². The minimum Gasteiger partial charge on any atom is -0.319 e. The molecule has 0 saturated heterocycles. The highest BCUT2D eigenvalue weighted by Crippen LogP contribution is 2.24. The summed E-state index contributed by atoms with van der Waals surface area (Å²) >= 11 is 0. The van der Waals surface area contributed by atoms with Gasteiger partial charge in [0.2, 0.25) is 0 Å². The Morgan fingerprint density at radius 3 is 2.72 bits per heavy atom. The van der Waals surface area contributed by atoms with Crippen LogP contribution in [-0.2, 0) is 0 Å². The summed E-state index contributed by atoms with van der Waals surface area (Å²) in [5.74, 6) is -0.204. The van der Waals surface area contributed by atoms with Gasteiger partial charge < -0.3 is 5.32 Å². The molecule has 1 aromatic carbocycles. The Kier molecular flexibility index (Phi) is 3.87. The highest BCUT2D eigenvalue weighted by Gasteiger charge is 2.17. The number of nitrogens with one attached hydrogen (secondary N) is 3. The van der Waals surface area contributed by atoms with Gasteiger partial charge in [-0.05, 0) is 31.0 Å². The third-order valence-corrected chi connectivity index (χ3v) is 5.11. The number of hydrogen-bond acceptors (Lipinski definition) is 3. The molecular formula is C22H19N6O+. The number of amides is 1. The van der Waals surface area contributed by atoms with Crippen LogP contribution in [0.4, 0.5) is 5.69 Å². The predicted molar refractivity (Wildman–Crippen MR) is 111 cm³/mol. The van der Waals surface area contributed by atoms with Crippen molar-refractivity contribution < 1.29 is 9.78 Å². The average Bonchev–Trinajstić information content (AvgIpc) is 3.32. The monoisotopic (exact) mass is 383 g/mol. The molecular weight excluding hydrogens is 364 g/mol. The maximum Gasteiger partial charge on any atom is 0.284 e. The smallest absolute Gasteiger partial charge is 0.284 e. The number of pyridine rings is 1. The van der Waals surface area contributed by atoms with Crippen molar-refractivity contribution in [1.29, 1.82) is 0 Å². The highest BCUT2D eigenvalue weighted by molar-refractivity contribution is 6.06. The van der Waals surface area contributed by atoms with Crippen molar-refractivity contribution in [3.05, 3.63) is 77.7 Å². The van der Waals surface area contributed by atoms with Crippen LogP contribution in [0.2, 0.25) is 0 Å². The largest absolute Gasteiger partial charge is 0.319 e. The molecule has 29 heavy (non-hydrogen) atoms. The van der Waals surface area contributed by atoms with E-state index in [9.17, 15) is 4.79 Å². The van der Waals surface area contributed by atoms with Crippen LogP contribution in [0.5, 0.6) is 0 Å². The number of nitrogens with zero attached hydrogens (tertiary/aromatic N) is 3. The summed E-state index contributed by atoms with van der Waals surface area (Å²) in [7, 11) is 0. The number of anilines is 1. The zero-order valence-corrected chi connectivity index (χ0v) is 16.0. The van der Waals surface area contributed by atoms with Gasteiger partial charge in [0.1, 0.15) is 11.9 Å². The van der Waals surface area contributed by atoms with E-state index in [1.807, 2.05) is 38.1 Å². The van der Waals surface area contributed by atoms with E-state index in [1.165, 1.54) is 0 Å². The van der Waals surface area contributed by atoms with E-state index >= 15 is 0 Å². The zero-order chi connectivity index (χ0) is 20.0. The molecule has 0 aliphatic carbocycles. The Balaban J connectivity index is 1.46. The van der Waals surface area contributed by atoms with Crippen LogP contribution in [0.25, 0.3) is 27.8 Å². The number of carbonyl (C=O) groups excluding carboxylic acids is 1. The molecule has 0 unspecified atom stereocenters. The lowest BCUT2D eigenvalue weighted by molar-refractivity contribution is -0.346. The van der Waals surface area contributed by atoms with Gasteiger partial charge in [-0.25, -0.2) is 9.97 Å². The Morgan fingerprint density at radius 2 is 1.90 bits per heavy atom. The lowest BCUT2D eigenvalue weighted by Gasteiger charge is -2.08. The third kappa shape index (κ3) is 2.93. The Bertz CT molecular complexity index is 1370. The molecule has 0 spiro atoms. The molecule has 7 nitrogen and oxygen atoms in total. The zero-order valence-electron chi connectivity index (χ0n) is 16.0. The lowest BCUT2D eigenvalue weighted by Crippen LogP contribution is -2.17. The Labute approximate surface area is 166 Å².